The molecule has 2 N–H and O–H groups in total. The van der Waals surface area contributed by atoms with Gasteiger partial charge in [-0.25, -0.2) is 0 Å². The van der Waals surface area contributed by atoms with E-state index in [-0.39, 0.29) is 12.0 Å². The van der Waals surface area contributed by atoms with Crippen LogP contribution in [0.15, 0.2) is 17.5 Å². The Labute approximate surface area is 87.9 Å². The molecule has 4 heteroatoms. The Morgan fingerprint density at radius 3 is 3.07 bits per heavy atom. The number of nitrogens with two attached hydrogens (primary N) is 1. The maximum absolute atomic E-state index is 11.2. The number of ether oxygens (including phenoxy) is 1. The number of hydrogen-bond donors (Lipinski definition) is 1. The van der Waals surface area contributed by atoms with E-state index < -0.39 is 0 Å². The van der Waals surface area contributed by atoms with Crippen molar-refractivity contribution in [2.24, 2.45) is 5.73 Å². The molecule has 0 aliphatic carbocycles. The molecule has 0 amide bonds. The molecule has 1 aromatic rings. The molecule has 0 spiro atoms. The van der Waals surface area contributed by atoms with E-state index in [4.69, 9.17) is 10.5 Å². The summed E-state index contributed by atoms with van der Waals surface area (Å²) in [6.45, 7) is 2.27. The first kappa shape index (κ1) is 11.2. The van der Waals surface area contributed by atoms with Gasteiger partial charge in [-0.1, -0.05) is 6.07 Å². The Morgan fingerprint density at radius 1 is 1.71 bits per heavy atom. The molecule has 78 valence electrons. The second-order valence-corrected chi connectivity index (χ2v) is 4.29. The number of carbonyl (C=O) groups is 1. The third-order valence-corrected chi connectivity index (χ3v) is 2.61. The zero-order valence-corrected chi connectivity index (χ0v) is 9.05. The molecular formula is C10H15NO2S. The third kappa shape index (κ3) is 4.39. The summed E-state index contributed by atoms with van der Waals surface area (Å²) < 4.78 is 5.05. The lowest BCUT2D eigenvalue weighted by Crippen LogP contribution is -2.17. The quantitative estimate of drug-likeness (QED) is 0.760. The van der Waals surface area contributed by atoms with E-state index in [9.17, 15) is 4.79 Å². The third-order valence-electron chi connectivity index (χ3n) is 1.76. The highest BCUT2D eigenvalue weighted by Crippen LogP contribution is 2.10. The first-order valence-corrected chi connectivity index (χ1v) is 5.50. The predicted molar refractivity (Wildman–Crippen MR) is 57.0 cm³/mol. The Balaban J connectivity index is 2.15. The van der Waals surface area contributed by atoms with Crippen molar-refractivity contribution in [3.63, 3.8) is 0 Å². The minimum absolute atomic E-state index is 0.0595. The van der Waals surface area contributed by atoms with Crippen LogP contribution in [0.1, 0.15) is 24.6 Å². The molecule has 1 unspecified atom stereocenters. The smallest absolute Gasteiger partial charge is 0.306 e. The molecule has 0 saturated heterocycles. The van der Waals surface area contributed by atoms with Crippen LogP contribution in [-0.4, -0.2) is 12.0 Å². The van der Waals surface area contributed by atoms with E-state index in [0.29, 0.717) is 19.4 Å². The van der Waals surface area contributed by atoms with E-state index in [1.54, 1.807) is 11.3 Å². The van der Waals surface area contributed by atoms with E-state index in [1.807, 2.05) is 24.4 Å². The molecule has 1 atom stereocenters. The van der Waals surface area contributed by atoms with E-state index in [0.717, 1.165) is 4.88 Å². The monoisotopic (exact) mass is 213 g/mol. The van der Waals surface area contributed by atoms with Crippen molar-refractivity contribution in [3.8, 4) is 0 Å². The highest BCUT2D eigenvalue weighted by atomic mass is 32.1. The lowest BCUT2D eigenvalue weighted by atomic mass is 10.2. The zero-order valence-electron chi connectivity index (χ0n) is 8.23. The van der Waals surface area contributed by atoms with Crippen LogP contribution in [0.5, 0.6) is 0 Å². The maximum atomic E-state index is 11.2. The highest BCUT2D eigenvalue weighted by molar-refractivity contribution is 7.09. The van der Waals surface area contributed by atoms with Crippen molar-refractivity contribution < 1.29 is 9.53 Å². The minimum Gasteiger partial charge on any atom is -0.460 e. The van der Waals surface area contributed by atoms with Crippen LogP contribution in [0.4, 0.5) is 0 Å². The Hall–Kier alpha value is -0.870. The fourth-order valence-electron chi connectivity index (χ4n) is 0.964. The summed E-state index contributed by atoms with van der Waals surface area (Å²) in [6, 6.07) is 3.95. The molecular weight excluding hydrogens is 198 g/mol. The fraction of sp³-hybridized carbons (Fsp3) is 0.500. The zero-order chi connectivity index (χ0) is 10.4. The summed E-state index contributed by atoms with van der Waals surface area (Å²) >= 11 is 1.59. The second kappa shape index (κ2) is 5.78. The Morgan fingerprint density at radius 2 is 2.50 bits per heavy atom. The molecule has 0 radical (unpaired) electrons. The van der Waals surface area contributed by atoms with Gasteiger partial charge in [-0.2, -0.15) is 0 Å². The van der Waals surface area contributed by atoms with Gasteiger partial charge < -0.3 is 10.5 Å². The first-order valence-electron chi connectivity index (χ1n) is 4.62. The van der Waals surface area contributed by atoms with Gasteiger partial charge in [0, 0.05) is 17.3 Å². The van der Waals surface area contributed by atoms with Gasteiger partial charge in [0.05, 0.1) is 0 Å². The normalized spacial score (nSPS) is 12.4. The average Bonchev–Trinajstić information content (AvgIpc) is 2.63. The molecule has 0 aliphatic rings. The van der Waals surface area contributed by atoms with E-state index >= 15 is 0 Å². The Bertz CT molecular complexity index is 270. The molecule has 0 aromatic carbocycles. The van der Waals surface area contributed by atoms with Crippen LogP contribution < -0.4 is 5.73 Å². The average molecular weight is 213 g/mol. The van der Waals surface area contributed by atoms with Crippen molar-refractivity contribution >= 4 is 17.3 Å². The maximum Gasteiger partial charge on any atom is 0.306 e. The fourth-order valence-corrected chi connectivity index (χ4v) is 1.58. The SMILES string of the molecule is CC(N)CCC(=O)OCc1cccs1. The van der Waals surface area contributed by atoms with Crippen molar-refractivity contribution in [3.05, 3.63) is 22.4 Å². The number of carbonyl (C=O) groups excluding carboxylic acids is 1. The van der Waals surface area contributed by atoms with E-state index in [2.05, 4.69) is 0 Å². The number of esters is 1. The van der Waals surface area contributed by atoms with Gasteiger partial charge in [0.25, 0.3) is 0 Å². The van der Waals surface area contributed by atoms with Crippen molar-refractivity contribution in [1.29, 1.82) is 0 Å². The minimum atomic E-state index is -0.171. The largest absolute Gasteiger partial charge is 0.460 e. The lowest BCUT2D eigenvalue weighted by molar-refractivity contribution is -0.145. The summed E-state index contributed by atoms with van der Waals surface area (Å²) in [7, 11) is 0. The van der Waals surface area contributed by atoms with Gasteiger partial charge in [0.15, 0.2) is 0 Å². The van der Waals surface area contributed by atoms with Crippen LogP contribution in [0.25, 0.3) is 0 Å². The first-order chi connectivity index (χ1) is 6.68. The van der Waals surface area contributed by atoms with Crippen LogP contribution in [0.3, 0.4) is 0 Å². The van der Waals surface area contributed by atoms with Crippen molar-refractivity contribution in [2.45, 2.75) is 32.4 Å². The summed E-state index contributed by atoms with van der Waals surface area (Å²) in [6.07, 6.45) is 1.09. The van der Waals surface area contributed by atoms with Gasteiger partial charge in [0.1, 0.15) is 6.61 Å². The summed E-state index contributed by atoms with van der Waals surface area (Å²) in [4.78, 5) is 12.2. The molecule has 0 aliphatic heterocycles. The van der Waals surface area contributed by atoms with Gasteiger partial charge in [-0.15, -0.1) is 11.3 Å². The number of hydrogen-bond acceptors (Lipinski definition) is 4. The molecule has 0 saturated carbocycles. The highest BCUT2D eigenvalue weighted by Gasteiger charge is 2.05. The standard InChI is InChI=1S/C10H15NO2S/c1-8(11)4-5-10(12)13-7-9-3-2-6-14-9/h2-3,6,8H,4-5,7,11H2,1H3. The van der Waals surface area contributed by atoms with Crippen LogP contribution in [-0.2, 0) is 16.1 Å². The number of rotatable bonds is 5. The van der Waals surface area contributed by atoms with Crippen LogP contribution >= 0.6 is 11.3 Å². The van der Waals surface area contributed by atoms with Crippen LogP contribution in [0.2, 0.25) is 0 Å². The van der Waals surface area contributed by atoms with Crippen molar-refractivity contribution in [1.82, 2.24) is 0 Å². The summed E-state index contributed by atoms with van der Waals surface area (Å²) in [5, 5.41) is 1.96. The molecule has 1 heterocycles. The second-order valence-electron chi connectivity index (χ2n) is 3.26. The molecule has 1 rings (SSSR count). The summed E-state index contributed by atoms with van der Waals surface area (Å²) in [5.74, 6) is -0.171. The van der Waals surface area contributed by atoms with Crippen molar-refractivity contribution in [2.75, 3.05) is 0 Å². The topological polar surface area (TPSA) is 52.3 Å². The van der Waals surface area contributed by atoms with Gasteiger partial charge in [-0.3, -0.25) is 4.79 Å². The van der Waals surface area contributed by atoms with Crippen LogP contribution in [0, 0.1) is 0 Å². The van der Waals surface area contributed by atoms with Gasteiger partial charge in [0.2, 0.25) is 0 Å². The molecule has 3 nitrogen and oxygen atoms in total. The number of thiophene rings is 1. The van der Waals surface area contributed by atoms with Gasteiger partial charge >= 0.3 is 5.97 Å². The predicted octanol–water partition coefficient (Wildman–Crippen LogP) is 1.92. The summed E-state index contributed by atoms with van der Waals surface area (Å²) in [5.41, 5.74) is 5.53. The van der Waals surface area contributed by atoms with Gasteiger partial charge in [-0.05, 0) is 24.8 Å². The van der Waals surface area contributed by atoms with E-state index in [1.165, 1.54) is 0 Å². The molecule has 1 aromatic heterocycles. The molecule has 14 heavy (non-hydrogen) atoms. The molecule has 0 bridgehead atoms. The Kier molecular flexibility index (Phi) is 4.62. The molecule has 0 fully saturated rings. The lowest BCUT2D eigenvalue weighted by Gasteiger charge is -2.04.